The van der Waals surface area contributed by atoms with Gasteiger partial charge in [-0.3, -0.25) is 9.59 Å². The molecule has 114 valence electrons. The van der Waals surface area contributed by atoms with E-state index in [1.165, 1.54) is 6.33 Å². The Kier molecular flexibility index (Phi) is 5.48. The topological polar surface area (TPSA) is 81.6 Å². The molecular formula is C14H19N3O4. The monoisotopic (exact) mass is 293 g/mol. The molecule has 0 radical (unpaired) electrons. The maximum Gasteiger partial charge on any atom is 0.306 e. The quantitative estimate of drug-likeness (QED) is 0.722. The second-order valence-electron chi connectivity index (χ2n) is 4.72. The van der Waals surface area contributed by atoms with Crippen molar-refractivity contribution in [3.63, 3.8) is 0 Å². The predicted molar refractivity (Wildman–Crippen MR) is 73.5 cm³/mol. The lowest BCUT2D eigenvalue weighted by Crippen LogP contribution is -2.31. The number of aromatic nitrogens is 2. The minimum atomic E-state index is -0.334. The maximum absolute atomic E-state index is 12.0. The van der Waals surface area contributed by atoms with Crippen molar-refractivity contribution in [1.82, 2.24) is 14.9 Å². The third kappa shape index (κ3) is 4.70. The van der Waals surface area contributed by atoms with Gasteiger partial charge in [0.05, 0.1) is 19.6 Å². The molecule has 1 aromatic rings. The van der Waals surface area contributed by atoms with E-state index in [0.29, 0.717) is 25.6 Å². The second-order valence-corrected chi connectivity index (χ2v) is 4.72. The number of carbonyl (C=O) groups is 2. The fourth-order valence-electron chi connectivity index (χ4n) is 2.17. The summed E-state index contributed by atoms with van der Waals surface area (Å²) in [7, 11) is 0. The first-order valence-electron chi connectivity index (χ1n) is 7.05. The molecule has 0 aromatic carbocycles. The highest BCUT2D eigenvalue weighted by atomic mass is 16.5. The molecule has 0 bridgehead atoms. The number of nitrogens with zero attached hydrogens (tertiary/aromatic N) is 3. The highest BCUT2D eigenvalue weighted by Crippen LogP contribution is 2.16. The van der Waals surface area contributed by atoms with Crippen LogP contribution in [0.1, 0.15) is 26.2 Å². The van der Waals surface area contributed by atoms with E-state index in [9.17, 15) is 9.59 Å². The molecule has 7 nitrogen and oxygen atoms in total. The molecule has 2 heterocycles. The second kappa shape index (κ2) is 7.56. The van der Waals surface area contributed by atoms with Crippen molar-refractivity contribution in [3.8, 4) is 5.88 Å². The Morgan fingerprint density at radius 1 is 1.43 bits per heavy atom. The Hall–Kier alpha value is -2.18. The van der Waals surface area contributed by atoms with E-state index in [1.807, 2.05) is 0 Å². The van der Waals surface area contributed by atoms with Crippen molar-refractivity contribution in [2.75, 3.05) is 19.7 Å². The Bertz CT molecular complexity index is 480. The highest BCUT2D eigenvalue weighted by molar-refractivity contribution is 5.81. The van der Waals surface area contributed by atoms with Gasteiger partial charge in [0.1, 0.15) is 12.4 Å². The van der Waals surface area contributed by atoms with E-state index in [4.69, 9.17) is 9.47 Å². The SMILES string of the molecule is CCOC(=O)CCC(=O)N1CC[C@@H](Oc2ccncn2)C1. The molecule has 0 aliphatic carbocycles. The molecule has 0 unspecified atom stereocenters. The Labute approximate surface area is 123 Å². The third-order valence-electron chi connectivity index (χ3n) is 3.19. The van der Waals surface area contributed by atoms with Crippen LogP contribution in [0.4, 0.5) is 0 Å². The van der Waals surface area contributed by atoms with Gasteiger partial charge in [-0.05, 0) is 6.92 Å². The number of hydrogen-bond acceptors (Lipinski definition) is 6. The maximum atomic E-state index is 12.0. The summed E-state index contributed by atoms with van der Waals surface area (Å²) in [6.45, 7) is 3.24. The van der Waals surface area contributed by atoms with Crippen molar-refractivity contribution < 1.29 is 19.1 Å². The van der Waals surface area contributed by atoms with E-state index in [0.717, 1.165) is 6.42 Å². The Balaban J connectivity index is 1.74. The number of carbonyl (C=O) groups excluding carboxylic acids is 2. The van der Waals surface area contributed by atoms with Gasteiger partial charge in [-0.25, -0.2) is 9.97 Å². The lowest BCUT2D eigenvalue weighted by molar-refractivity contribution is -0.145. The zero-order chi connectivity index (χ0) is 15.1. The average molecular weight is 293 g/mol. The van der Waals surface area contributed by atoms with Crippen LogP contribution in [0.5, 0.6) is 5.88 Å². The van der Waals surface area contributed by atoms with Gasteiger partial charge in [0.15, 0.2) is 0 Å². The average Bonchev–Trinajstić information content (AvgIpc) is 2.95. The molecule has 2 rings (SSSR count). The summed E-state index contributed by atoms with van der Waals surface area (Å²) >= 11 is 0. The summed E-state index contributed by atoms with van der Waals surface area (Å²) in [4.78, 5) is 32.8. The smallest absolute Gasteiger partial charge is 0.306 e. The molecule has 0 saturated carbocycles. The summed E-state index contributed by atoms with van der Waals surface area (Å²) in [5.41, 5.74) is 0. The lowest BCUT2D eigenvalue weighted by Gasteiger charge is -2.16. The minimum absolute atomic E-state index is 0.0446. The van der Waals surface area contributed by atoms with Crippen LogP contribution in [0, 0.1) is 0 Å². The van der Waals surface area contributed by atoms with Crippen molar-refractivity contribution in [2.24, 2.45) is 0 Å². The highest BCUT2D eigenvalue weighted by Gasteiger charge is 2.27. The van der Waals surface area contributed by atoms with Crippen molar-refractivity contribution >= 4 is 11.9 Å². The van der Waals surface area contributed by atoms with Crippen LogP contribution < -0.4 is 4.74 Å². The molecule has 1 aliphatic rings. The van der Waals surface area contributed by atoms with Crippen molar-refractivity contribution in [3.05, 3.63) is 18.6 Å². The molecule has 1 aromatic heterocycles. The summed E-state index contributed by atoms with van der Waals surface area (Å²) in [6.07, 6.45) is 4.03. The fraction of sp³-hybridized carbons (Fsp3) is 0.571. The van der Waals surface area contributed by atoms with Gasteiger partial charge in [-0.15, -0.1) is 0 Å². The van der Waals surface area contributed by atoms with Crippen LogP contribution in [0.25, 0.3) is 0 Å². The molecule has 1 aliphatic heterocycles. The van der Waals surface area contributed by atoms with E-state index >= 15 is 0 Å². The molecule has 21 heavy (non-hydrogen) atoms. The van der Waals surface area contributed by atoms with Gasteiger partial charge < -0.3 is 14.4 Å². The normalized spacial score (nSPS) is 17.6. The van der Waals surface area contributed by atoms with Gasteiger partial charge in [0, 0.05) is 31.6 Å². The number of esters is 1. The molecule has 7 heteroatoms. The van der Waals surface area contributed by atoms with Crippen LogP contribution in [0.2, 0.25) is 0 Å². The van der Waals surface area contributed by atoms with Crippen LogP contribution in [0.15, 0.2) is 18.6 Å². The van der Waals surface area contributed by atoms with Crippen LogP contribution in [-0.4, -0.2) is 52.5 Å². The van der Waals surface area contributed by atoms with Crippen LogP contribution in [-0.2, 0) is 14.3 Å². The first kappa shape index (κ1) is 15.2. The van der Waals surface area contributed by atoms with Gasteiger partial charge >= 0.3 is 5.97 Å². The zero-order valence-corrected chi connectivity index (χ0v) is 12.0. The summed E-state index contributed by atoms with van der Waals surface area (Å²) < 4.78 is 10.5. The number of amides is 1. The number of likely N-dealkylation sites (tertiary alicyclic amines) is 1. The van der Waals surface area contributed by atoms with Gasteiger partial charge in [0.2, 0.25) is 11.8 Å². The van der Waals surface area contributed by atoms with Crippen LogP contribution >= 0.6 is 0 Å². The van der Waals surface area contributed by atoms with Crippen molar-refractivity contribution in [1.29, 1.82) is 0 Å². The predicted octanol–water partition coefficient (Wildman–Crippen LogP) is 0.800. The fourth-order valence-corrected chi connectivity index (χ4v) is 2.17. The molecule has 1 amide bonds. The van der Waals surface area contributed by atoms with E-state index in [1.54, 1.807) is 24.1 Å². The summed E-state index contributed by atoms with van der Waals surface area (Å²) in [6, 6.07) is 1.69. The summed E-state index contributed by atoms with van der Waals surface area (Å²) in [5.74, 6) is 0.131. The lowest BCUT2D eigenvalue weighted by atomic mass is 10.3. The molecule has 0 spiro atoms. The Morgan fingerprint density at radius 2 is 2.29 bits per heavy atom. The van der Waals surface area contributed by atoms with E-state index in [-0.39, 0.29) is 30.8 Å². The zero-order valence-electron chi connectivity index (χ0n) is 12.0. The molecular weight excluding hydrogens is 274 g/mol. The third-order valence-corrected chi connectivity index (χ3v) is 3.19. The number of rotatable bonds is 6. The number of hydrogen-bond donors (Lipinski definition) is 0. The van der Waals surface area contributed by atoms with Crippen molar-refractivity contribution in [2.45, 2.75) is 32.3 Å². The first-order chi connectivity index (χ1) is 10.2. The van der Waals surface area contributed by atoms with Gasteiger partial charge in [0.25, 0.3) is 0 Å². The minimum Gasteiger partial charge on any atom is -0.472 e. The standard InChI is InChI=1S/C14H19N3O4/c1-2-20-14(19)4-3-13(18)17-8-6-11(9-17)21-12-5-7-15-10-16-12/h5,7,10-11H,2-4,6,8-9H2,1H3/t11-/m1/s1. The van der Waals surface area contributed by atoms with Gasteiger partial charge in [-0.2, -0.15) is 0 Å². The molecule has 1 saturated heterocycles. The molecule has 1 fully saturated rings. The van der Waals surface area contributed by atoms with Crippen LogP contribution in [0.3, 0.4) is 0 Å². The Morgan fingerprint density at radius 3 is 3.00 bits per heavy atom. The molecule has 0 N–H and O–H groups in total. The molecule has 1 atom stereocenters. The van der Waals surface area contributed by atoms with E-state index < -0.39 is 0 Å². The largest absolute Gasteiger partial charge is 0.472 e. The first-order valence-corrected chi connectivity index (χ1v) is 7.05. The summed E-state index contributed by atoms with van der Waals surface area (Å²) in [5, 5.41) is 0. The van der Waals surface area contributed by atoms with E-state index in [2.05, 4.69) is 9.97 Å². The number of ether oxygens (including phenoxy) is 2. The van der Waals surface area contributed by atoms with Gasteiger partial charge in [-0.1, -0.05) is 0 Å².